The zero-order valence-electron chi connectivity index (χ0n) is 20.7. The highest BCUT2D eigenvalue weighted by Crippen LogP contribution is 2.47. The van der Waals surface area contributed by atoms with Crippen LogP contribution in [-0.4, -0.2) is 25.3 Å². The lowest BCUT2D eigenvalue weighted by atomic mass is 9.73. The molecule has 1 aromatic carbocycles. The molecule has 4 atom stereocenters. The number of benzene rings is 1. The van der Waals surface area contributed by atoms with Gasteiger partial charge in [0.05, 0.1) is 0 Å². The Hall–Kier alpha value is -1.13. The molecule has 1 N–H and O–H groups in total. The van der Waals surface area contributed by atoms with Gasteiger partial charge in [0.15, 0.2) is 8.32 Å². The number of hydrogen-bond donors (Lipinski definition) is 1. The van der Waals surface area contributed by atoms with E-state index in [2.05, 4.69) is 46.9 Å². The van der Waals surface area contributed by atoms with Crippen LogP contribution in [0.2, 0.25) is 18.1 Å². The van der Waals surface area contributed by atoms with Crippen molar-refractivity contribution in [2.24, 2.45) is 17.8 Å². The molecule has 0 saturated heterocycles. The summed E-state index contributed by atoms with van der Waals surface area (Å²) in [6, 6.07) is 5.85. The molecule has 3 nitrogen and oxygen atoms in total. The van der Waals surface area contributed by atoms with Crippen molar-refractivity contribution in [1.29, 1.82) is 0 Å². The topological polar surface area (TPSA) is 46.5 Å². The Morgan fingerprint density at radius 2 is 1.87 bits per heavy atom. The van der Waals surface area contributed by atoms with Gasteiger partial charge in [-0.15, -0.1) is 0 Å². The monoisotopic (exact) mass is 444 g/mol. The second-order valence-electron chi connectivity index (χ2n) is 11.6. The summed E-state index contributed by atoms with van der Waals surface area (Å²) in [6.45, 7) is 13.9. The Labute approximate surface area is 191 Å². The number of phenols is 1. The molecule has 1 aromatic rings. The summed E-state index contributed by atoms with van der Waals surface area (Å²) < 4.78 is 6.84. The largest absolute Gasteiger partial charge is 0.508 e. The lowest BCUT2D eigenvalue weighted by Gasteiger charge is -2.40. The highest BCUT2D eigenvalue weighted by atomic mass is 28.4. The van der Waals surface area contributed by atoms with Crippen LogP contribution < -0.4 is 0 Å². The molecule has 31 heavy (non-hydrogen) atoms. The van der Waals surface area contributed by atoms with Crippen LogP contribution in [0.1, 0.15) is 83.8 Å². The van der Waals surface area contributed by atoms with Crippen LogP contribution in [0.5, 0.6) is 5.75 Å². The van der Waals surface area contributed by atoms with Crippen molar-refractivity contribution in [1.82, 2.24) is 0 Å². The lowest BCUT2D eigenvalue weighted by molar-refractivity contribution is -0.121. The summed E-state index contributed by atoms with van der Waals surface area (Å²) in [5, 5.41) is 10.6. The summed E-state index contributed by atoms with van der Waals surface area (Å²) in [6.07, 6.45) is 9.50. The number of fused-ring (bicyclic) bond motifs is 2. The van der Waals surface area contributed by atoms with Gasteiger partial charge in [-0.05, 0) is 79.3 Å². The maximum absolute atomic E-state index is 13.0. The van der Waals surface area contributed by atoms with E-state index in [1.807, 2.05) is 6.07 Å². The first kappa shape index (κ1) is 24.5. The molecule has 0 heterocycles. The molecule has 2 aliphatic carbocycles. The summed E-state index contributed by atoms with van der Waals surface area (Å²) in [5.41, 5.74) is 2.33. The predicted octanol–water partition coefficient (Wildman–Crippen LogP) is 7.06. The minimum absolute atomic E-state index is 0.134. The molecule has 0 bridgehead atoms. The Balaban J connectivity index is 1.68. The lowest BCUT2D eigenvalue weighted by Crippen LogP contribution is -2.44. The van der Waals surface area contributed by atoms with Gasteiger partial charge in [-0.2, -0.15) is 0 Å². The van der Waals surface area contributed by atoms with Crippen molar-refractivity contribution in [3.05, 3.63) is 29.3 Å². The molecule has 1 saturated carbocycles. The molecule has 0 amide bonds. The smallest absolute Gasteiger partial charge is 0.192 e. The van der Waals surface area contributed by atoms with Crippen LogP contribution in [0.4, 0.5) is 0 Å². The summed E-state index contributed by atoms with van der Waals surface area (Å²) in [5.74, 6) is 1.83. The average molecular weight is 445 g/mol. The number of rotatable bonds is 9. The number of Topliss-reactive ketones (excluding diaryl/α,β-unsaturated/α-hetero) is 1. The molecule has 4 heteroatoms. The Kier molecular flexibility index (Phi) is 7.73. The maximum Gasteiger partial charge on any atom is 0.192 e. The minimum atomic E-state index is -1.83. The van der Waals surface area contributed by atoms with Gasteiger partial charge >= 0.3 is 0 Å². The zero-order valence-corrected chi connectivity index (χ0v) is 21.7. The van der Waals surface area contributed by atoms with Crippen LogP contribution in [0, 0.1) is 17.8 Å². The molecule has 174 valence electrons. The number of unbranched alkanes of at least 4 members (excludes halogenated alkanes) is 2. The van der Waals surface area contributed by atoms with Crippen LogP contribution >= 0.6 is 0 Å². The van der Waals surface area contributed by atoms with E-state index in [9.17, 15) is 9.90 Å². The summed E-state index contributed by atoms with van der Waals surface area (Å²) in [7, 11) is -1.83. The third kappa shape index (κ3) is 5.62. The third-order valence-corrected chi connectivity index (χ3v) is 12.9. The van der Waals surface area contributed by atoms with Gasteiger partial charge in [0.25, 0.3) is 0 Å². The second kappa shape index (κ2) is 9.78. The standard InChI is InChI=1S/C27H44O3Si/c1-7-8-9-12-21(30-31(5,6)27(2,3)4)14-15-22-23-18-24-19(11-10-13-25(24)28)16-20(23)17-26(22)29/h10-11,13,20-23,28H,7-9,12,14-18H2,1-6H3/t20?,21-,22+,23?/m0/s1. The van der Waals surface area contributed by atoms with Gasteiger partial charge in [-0.3, -0.25) is 4.79 Å². The van der Waals surface area contributed by atoms with Crippen LogP contribution in [0.15, 0.2) is 18.2 Å². The summed E-state index contributed by atoms with van der Waals surface area (Å²) in [4.78, 5) is 13.0. The minimum Gasteiger partial charge on any atom is -0.508 e. The Morgan fingerprint density at radius 1 is 1.13 bits per heavy atom. The van der Waals surface area contributed by atoms with Gasteiger partial charge in [0.2, 0.25) is 0 Å². The first-order chi connectivity index (χ1) is 14.5. The second-order valence-corrected chi connectivity index (χ2v) is 16.4. The van der Waals surface area contributed by atoms with Crippen molar-refractivity contribution in [3.8, 4) is 5.75 Å². The van der Waals surface area contributed by atoms with Crippen molar-refractivity contribution in [3.63, 3.8) is 0 Å². The number of hydrogen-bond acceptors (Lipinski definition) is 3. The average Bonchev–Trinajstić information content (AvgIpc) is 2.98. The van der Waals surface area contributed by atoms with Crippen LogP contribution in [0.25, 0.3) is 0 Å². The fourth-order valence-corrected chi connectivity index (χ4v) is 6.87. The van der Waals surface area contributed by atoms with Crippen LogP contribution in [-0.2, 0) is 22.1 Å². The zero-order chi connectivity index (χ0) is 22.8. The van der Waals surface area contributed by atoms with E-state index in [1.54, 1.807) is 6.07 Å². The number of ketones is 1. The SMILES string of the molecule is CCCCC[C@@H](CC[C@H]1C(=O)CC2Cc3cccc(O)c3CC21)O[Si](C)(C)C(C)(C)C. The van der Waals surface area contributed by atoms with E-state index in [0.29, 0.717) is 29.8 Å². The number of carbonyl (C=O) groups excluding carboxylic acids is 1. The van der Waals surface area contributed by atoms with E-state index in [0.717, 1.165) is 37.7 Å². The number of carbonyl (C=O) groups is 1. The quantitative estimate of drug-likeness (QED) is 0.327. The van der Waals surface area contributed by atoms with Gasteiger partial charge in [-0.25, -0.2) is 0 Å². The maximum atomic E-state index is 13.0. The fraction of sp³-hybridized carbons (Fsp3) is 0.741. The van der Waals surface area contributed by atoms with Crippen molar-refractivity contribution >= 4 is 14.1 Å². The Bertz CT molecular complexity index is 764. The van der Waals surface area contributed by atoms with Gasteiger partial charge in [0.1, 0.15) is 11.5 Å². The predicted molar refractivity (Wildman–Crippen MR) is 131 cm³/mol. The molecule has 0 aliphatic heterocycles. The third-order valence-electron chi connectivity index (χ3n) is 8.37. The fourth-order valence-electron chi connectivity index (χ4n) is 5.45. The normalized spacial score (nSPS) is 24.7. The molecule has 3 rings (SSSR count). The van der Waals surface area contributed by atoms with Gasteiger partial charge in [0, 0.05) is 18.4 Å². The van der Waals surface area contributed by atoms with E-state index >= 15 is 0 Å². The first-order valence-electron chi connectivity index (χ1n) is 12.5. The number of phenolic OH excluding ortho intramolecular Hbond substituents is 1. The van der Waals surface area contributed by atoms with Crippen molar-refractivity contribution in [2.75, 3.05) is 0 Å². The van der Waals surface area contributed by atoms with Gasteiger partial charge in [-0.1, -0.05) is 59.1 Å². The highest BCUT2D eigenvalue weighted by Gasteiger charge is 2.45. The first-order valence-corrected chi connectivity index (χ1v) is 15.4. The van der Waals surface area contributed by atoms with E-state index in [-0.39, 0.29) is 17.1 Å². The molecular formula is C27H44O3Si. The van der Waals surface area contributed by atoms with E-state index < -0.39 is 8.32 Å². The molecule has 2 unspecified atom stereocenters. The highest BCUT2D eigenvalue weighted by molar-refractivity contribution is 6.74. The molecule has 0 spiro atoms. The van der Waals surface area contributed by atoms with Crippen LogP contribution in [0.3, 0.4) is 0 Å². The van der Waals surface area contributed by atoms with E-state index in [4.69, 9.17) is 4.43 Å². The van der Waals surface area contributed by atoms with Gasteiger partial charge < -0.3 is 9.53 Å². The molecule has 0 radical (unpaired) electrons. The van der Waals surface area contributed by atoms with E-state index in [1.165, 1.54) is 24.8 Å². The molecule has 2 aliphatic rings. The molecule has 0 aromatic heterocycles. The molecule has 1 fully saturated rings. The summed E-state index contributed by atoms with van der Waals surface area (Å²) >= 11 is 0. The molecular weight excluding hydrogens is 400 g/mol. The van der Waals surface area contributed by atoms with Crippen molar-refractivity contribution < 1.29 is 14.3 Å². The Morgan fingerprint density at radius 3 is 2.55 bits per heavy atom. The van der Waals surface area contributed by atoms with Crippen molar-refractivity contribution in [2.45, 2.75) is 110 Å². The number of aromatic hydroxyl groups is 1.